The van der Waals surface area contributed by atoms with E-state index in [4.69, 9.17) is 0 Å². The summed E-state index contributed by atoms with van der Waals surface area (Å²) < 4.78 is 1.47. The molecule has 2 N–H and O–H groups in total. The van der Waals surface area contributed by atoms with E-state index in [1.165, 1.54) is 4.63 Å². The Morgan fingerprint density at radius 1 is 1.18 bits per heavy atom. The monoisotopic (exact) mass is 226 g/mol. The molecule has 0 unspecified atom stereocenters. The average Bonchev–Trinajstić information content (AvgIpc) is 2.92. The second kappa shape index (κ2) is 2.70. The quantitative estimate of drug-likeness (QED) is 0.442. The topological polar surface area (TPSA) is 91.7 Å². The lowest BCUT2D eigenvalue weighted by atomic mass is 10.2. The van der Waals surface area contributed by atoms with Crippen LogP contribution in [-0.4, -0.2) is 30.2 Å². The van der Waals surface area contributed by atoms with E-state index in [9.17, 15) is 4.79 Å². The predicted octanol–water partition coefficient (Wildman–Crippen LogP) is 0.0187. The number of hydrogen-bond acceptors (Lipinski definition) is 4. The average molecular weight is 226 g/mol. The maximum absolute atomic E-state index is 12.1. The number of aromatic nitrogens is 6. The molecule has 1 aromatic carbocycles. The van der Waals surface area contributed by atoms with Crippen molar-refractivity contribution < 1.29 is 0 Å². The van der Waals surface area contributed by atoms with Gasteiger partial charge in [-0.15, -0.1) is 4.63 Å². The van der Waals surface area contributed by atoms with Crippen LogP contribution in [0.1, 0.15) is 0 Å². The fraction of sp³-hybridized carbons (Fsp3) is 0. The first-order valence-corrected chi connectivity index (χ1v) is 5.05. The Morgan fingerprint density at radius 3 is 2.88 bits per heavy atom. The Morgan fingerprint density at radius 2 is 2.00 bits per heavy atom. The Balaban J connectivity index is 2.45. The molecule has 7 heteroatoms. The van der Waals surface area contributed by atoms with Crippen LogP contribution in [0.5, 0.6) is 0 Å². The SMILES string of the molecule is O=c1c2nc3nn[nH]n3[nH]c=2c2ccccc12. The summed E-state index contributed by atoms with van der Waals surface area (Å²) in [5.74, 6) is 0.338. The summed E-state index contributed by atoms with van der Waals surface area (Å²) in [6, 6.07) is 7.39. The van der Waals surface area contributed by atoms with E-state index in [2.05, 4.69) is 25.6 Å². The van der Waals surface area contributed by atoms with Gasteiger partial charge in [0.1, 0.15) is 5.35 Å². The van der Waals surface area contributed by atoms with Crippen LogP contribution in [0.25, 0.3) is 16.6 Å². The molecule has 2 aromatic rings. The molecule has 0 atom stereocenters. The minimum absolute atomic E-state index is 0.0858. The third-order valence-corrected chi connectivity index (χ3v) is 2.81. The van der Waals surface area contributed by atoms with Crippen molar-refractivity contribution in [2.75, 3.05) is 0 Å². The molecule has 0 radical (unpaired) electrons. The molecule has 1 aliphatic carbocycles. The van der Waals surface area contributed by atoms with Crippen LogP contribution in [0, 0.1) is 10.7 Å². The van der Waals surface area contributed by atoms with Crippen molar-refractivity contribution in [1.29, 1.82) is 0 Å². The minimum Gasteiger partial charge on any atom is -0.287 e. The van der Waals surface area contributed by atoms with Gasteiger partial charge in [0.25, 0.3) is 5.78 Å². The largest absolute Gasteiger partial charge is 0.287 e. The van der Waals surface area contributed by atoms with Crippen molar-refractivity contribution >= 4 is 16.6 Å². The molecule has 1 aromatic heterocycles. The van der Waals surface area contributed by atoms with Crippen LogP contribution in [0.2, 0.25) is 0 Å². The molecule has 0 spiro atoms. The van der Waals surface area contributed by atoms with Gasteiger partial charge in [0, 0.05) is 10.8 Å². The predicted molar refractivity (Wildman–Crippen MR) is 58.6 cm³/mol. The second-order valence-electron chi connectivity index (χ2n) is 3.76. The maximum Gasteiger partial charge on any atom is 0.287 e. The molecule has 2 aliphatic rings. The van der Waals surface area contributed by atoms with E-state index >= 15 is 0 Å². The smallest absolute Gasteiger partial charge is 0.287 e. The third kappa shape index (κ3) is 0.949. The molecular formula is C10H6N6O. The van der Waals surface area contributed by atoms with Crippen LogP contribution in [-0.2, 0) is 0 Å². The molecule has 2 heterocycles. The molecular weight excluding hydrogens is 220 g/mol. The zero-order valence-electron chi connectivity index (χ0n) is 8.51. The van der Waals surface area contributed by atoms with Crippen molar-refractivity contribution in [2.24, 2.45) is 0 Å². The van der Waals surface area contributed by atoms with Gasteiger partial charge < -0.3 is 0 Å². The van der Waals surface area contributed by atoms with Gasteiger partial charge in [-0.05, 0) is 5.21 Å². The van der Waals surface area contributed by atoms with Crippen LogP contribution in [0.15, 0.2) is 29.1 Å². The summed E-state index contributed by atoms with van der Waals surface area (Å²) >= 11 is 0. The Bertz CT molecular complexity index is 962. The number of aromatic amines is 2. The van der Waals surface area contributed by atoms with Crippen molar-refractivity contribution in [3.05, 3.63) is 45.2 Å². The van der Waals surface area contributed by atoms with Crippen molar-refractivity contribution in [1.82, 2.24) is 30.2 Å². The summed E-state index contributed by atoms with van der Waals surface area (Å²) in [6.07, 6.45) is 0. The van der Waals surface area contributed by atoms with E-state index in [1.807, 2.05) is 18.2 Å². The lowest BCUT2D eigenvalue weighted by Crippen LogP contribution is -2.04. The number of fused-ring (bicyclic) bond motifs is 3. The summed E-state index contributed by atoms with van der Waals surface area (Å²) in [5, 5.41) is 15.6. The lowest BCUT2D eigenvalue weighted by molar-refractivity contribution is 0.717. The Labute approximate surface area is 92.7 Å². The first-order valence-electron chi connectivity index (χ1n) is 5.05. The highest BCUT2D eigenvalue weighted by Crippen LogP contribution is 2.11. The van der Waals surface area contributed by atoms with E-state index in [1.54, 1.807) is 6.07 Å². The molecule has 0 saturated carbocycles. The van der Waals surface area contributed by atoms with Gasteiger partial charge in [-0.3, -0.25) is 9.89 Å². The molecule has 82 valence electrons. The first-order chi connectivity index (χ1) is 8.34. The van der Waals surface area contributed by atoms with Gasteiger partial charge in [0.15, 0.2) is 0 Å². The van der Waals surface area contributed by atoms with Crippen LogP contribution in [0.4, 0.5) is 0 Å². The fourth-order valence-corrected chi connectivity index (χ4v) is 2.05. The highest BCUT2D eigenvalue weighted by atomic mass is 16.1. The van der Waals surface area contributed by atoms with Gasteiger partial charge in [-0.2, -0.15) is 5.21 Å². The highest BCUT2D eigenvalue weighted by molar-refractivity contribution is 5.83. The lowest BCUT2D eigenvalue weighted by Gasteiger charge is -1.91. The van der Waals surface area contributed by atoms with Crippen LogP contribution in [0.3, 0.4) is 0 Å². The van der Waals surface area contributed by atoms with Gasteiger partial charge >= 0.3 is 0 Å². The van der Waals surface area contributed by atoms with Gasteiger partial charge in [-0.1, -0.05) is 29.4 Å². The summed E-state index contributed by atoms with van der Waals surface area (Å²) in [7, 11) is 0. The second-order valence-corrected chi connectivity index (χ2v) is 3.76. The number of benzene rings is 1. The number of H-pyrrole nitrogens is 2. The van der Waals surface area contributed by atoms with Crippen molar-refractivity contribution in [2.45, 2.75) is 0 Å². The normalized spacial score (nSPS) is 11.8. The zero-order chi connectivity index (χ0) is 11.4. The molecule has 0 amide bonds. The number of nitrogens with one attached hydrogen (secondary N) is 2. The van der Waals surface area contributed by atoms with E-state index in [-0.39, 0.29) is 5.43 Å². The summed E-state index contributed by atoms with van der Waals surface area (Å²) in [5.41, 5.74) is -0.0858. The molecule has 1 aliphatic heterocycles. The van der Waals surface area contributed by atoms with Gasteiger partial charge in [0.2, 0.25) is 5.43 Å². The summed E-state index contributed by atoms with van der Waals surface area (Å²) in [6.45, 7) is 0. The highest BCUT2D eigenvalue weighted by Gasteiger charge is 2.09. The van der Waals surface area contributed by atoms with E-state index in [0.717, 1.165) is 5.39 Å². The molecule has 0 saturated heterocycles. The molecule has 0 fully saturated rings. The minimum atomic E-state index is -0.0858. The molecule has 17 heavy (non-hydrogen) atoms. The van der Waals surface area contributed by atoms with Crippen molar-refractivity contribution in [3.63, 3.8) is 0 Å². The van der Waals surface area contributed by atoms with Crippen LogP contribution >= 0.6 is 0 Å². The number of tetrazole rings is 1. The van der Waals surface area contributed by atoms with E-state index < -0.39 is 0 Å². The number of nitrogens with zero attached hydrogens (tertiary/aromatic N) is 4. The molecule has 0 bridgehead atoms. The Hall–Kier alpha value is -2.70. The summed E-state index contributed by atoms with van der Waals surface area (Å²) in [4.78, 5) is 16.3. The molecule has 7 nitrogen and oxygen atoms in total. The standard InChI is InChI=1S/C10H6N6O/c17-9-6-4-2-1-3-5(6)7-8(9)11-10-12-14-15-16(10)13-7/h1-4,13H,(H,11,12,15). The van der Waals surface area contributed by atoms with E-state index in [0.29, 0.717) is 21.9 Å². The fourth-order valence-electron chi connectivity index (χ4n) is 2.05. The Kier molecular flexibility index (Phi) is 1.34. The van der Waals surface area contributed by atoms with Crippen molar-refractivity contribution in [3.8, 4) is 0 Å². The first kappa shape index (κ1) is 8.45. The zero-order valence-corrected chi connectivity index (χ0v) is 8.51. The van der Waals surface area contributed by atoms with Crippen LogP contribution < -0.4 is 5.43 Å². The number of rotatable bonds is 0. The van der Waals surface area contributed by atoms with Gasteiger partial charge in [-0.25, -0.2) is 4.98 Å². The van der Waals surface area contributed by atoms with Gasteiger partial charge in [0.05, 0.1) is 5.35 Å². The number of hydrogen-bond donors (Lipinski definition) is 2. The maximum atomic E-state index is 12.1. The third-order valence-electron chi connectivity index (χ3n) is 2.81. The molecule has 4 rings (SSSR count).